The number of hydrogen-bond donors (Lipinski definition) is 1. The highest BCUT2D eigenvalue weighted by Gasteiger charge is 2.22. The van der Waals surface area contributed by atoms with Crippen LogP contribution in [-0.4, -0.2) is 78.9 Å². The lowest BCUT2D eigenvalue weighted by atomic mass is 10.1. The number of ether oxygens (including phenoxy) is 2. The zero-order valence-corrected chi connectivity index (χ0v) is 20.7. The minimum absolute atomic E-state index is 0.461. The summed E-state index contributed by atoms with van der Waals surface area (Å²) in [6, 6.07) is 4.56. The summed E-state index contributed by atoms with van der Waals surface area (Å²) in [4.78, 5) is 14.8. The Hall–Kier alpha value is -1.93. The fraction of sp³-hybridized carbons (Fsp3) is 0.680. The molecule has 7 nitrogen and oxygen atoms in total. The number of benzene rings is 1. The maximum absolute atomic E-state index is 6.20. The van der Waals surface area contributed by atoms with E-state index in [2.05, 4.69) is 21.2 Å². The Labute approximate surface area is 201 Å². The lowest BCUT2D eigenvalue weighted by Gasteiger charge is -2.25. The van der Waals surface area contributed by atoms with E-state index in [1.54, 1.807) is 7.11 Å². The molecule has 0 aliphatic carbocycles. The fourth-order valence-corrected chi connectivity index (χ4v) is 6.18. The highest BCUT2D eigenvalue weighted by atomic mass is 32.2. The van der Waals surface area contributed by atoms with Gasteiger partial charge >= 0.3 is 0 Å². The topological polar surface area (TPSA) is 62.8 Å². The first kappa shape index (κ1) is 22.8. The number of nitrogens with zero attached hydrogens (tertiary/aromatic N) is 4. The van der Waals surface area contributed by atoms with Crippen molar-refractivity contribution in [2.24, 2.45) is 0 Å². The van der Waals surface area contributed by atoms with Crippen LogP contribution in [-0.2, 0) is 0 Å². The molecule has 0 saturated carbocycles. The van der Waals surface area contributed by atoms with E-state index in [1.165, 1.54) is 63.1 Å². The van der Waals surface area contributed by atoms with Crippen LogP contribution < -0.4 is 19.7 Å². The van der Waals surface area contributed by atoms with Gasteiger partial charge in [-0.1, -0.05) is 0 Å². The number of anilines is 2. The summed E-state index contributed by atoms with van der Waals surface area (Å²) in [7, 11) is 1.71. The fourth-order valence-electron chi connectivity index (χ4n) is 5.08. The highest BCUT2D eigenvalue weighted by molar-refractivity contribution is 7.99. The molecule has 1 aromatic carbocycles. The zero-order chi connectivity index (χ0) is 22.5. The van der Waals surface area contributed by atoms with Crippen LogP contribution in [0.1, 0.15) is 44.9 Å². The van der Waals surface area contributed by atoms with Gasteiger partial charge in [-0.2, -0.15) is 16.7 Å². The van der Waals surface area contributed by atoms with Crippen molar-refractivity contribution in [3.05, 3.63) is 12.1 Å². The third-order valence-corrected chi connectivity index (χ3v) is 8.04. The summed E-state index contributed by atoms with van der Waals surface area (Å²) in [5.41, 5.74) is 0.926. The number of thioether (sulfide) groups is 1. The van der Waals surface area contributed by atoms with Crippen molar-refractivity contribution in [3.8, 4) is 11.5 Å². The molecule has 3 aliphatic heterocycles. The molecule has 180 valence electrons. The van der Waals surface area contributed by atoms with E-state index >= 15 is 0 Å². The molecule has 3 saturated heterocycles. The summed E-state index contributed by atoms with van der Waals surface area (Å²) in [6.45, 7) is 6.30. The van der Waals surface area contributed by atoms with Gasteiger partial charge in [-0.3, -0.25) is 0 Å². The molecule has 0 unspecified atom stereocenters. The molecule has 3 aliphatic rings. The van der Waals surface area contributed by atoms with Crippen molar-refractivity contribution in [1.29, 1.82) is 0 Å². The Kier molecular flexibility index (Phi) is 7.61. The van der Waals surface area contributed by atoms with Crippen molar-refractivity contribution < 1.29 is 9.47 Å². The molecular weight excluding hydrogens is 434 g/mol. The standard InChI is InChI=1S/C25H37N5O2S/c1-31-22-17-20-21(18-23(22)32-14-6-11-29-9-2-3-10-29)27-25(30-12-4-5-13-30)28-24(20)26-19-7-15-33-16-8-19/h17-19H,2-16H2,1H3,(H,26,27,28). The molecule has 0 amide bonds. The first-order valence-corrected chi connectivity index (χ1v) is 13.8. The van der Waals surface area contributed by atoms with Crippen LogP contribution in [0.5, 0.6) is 11.5 Å². The van der Waals surface area contributed by atoms with E-state index in [-0.39, 0.29) is 0 Å². The quantitative estimate of drug-likeness (QED) is 0.540. The van der Waals surface area contributed by atoms with E-state index in [0.717, 1.165) is 60.2 Å². The predicted molar refractivity (Wildman–Crippen MR) is 137 cm³/mol. The molecule has 0 spiro atoms. The molecule has 3 fully saturated rings. The number of likely N-dealkylation sites (tertiary alicyclic amines) is 1. The van der Waals surface area contributed by atoms with Crippen LogP contribution in [0.25, 0.3) is 10.9 Å². The minimum Gasteiger partial charge on any atom is -0.493 e. The number of aromatic nitrogens is 2. The molecule has 0 atom stereocenters. The Balaban J connectivity index is 1.39. The molecular formula is C25H37N5O2S. The number of fused-ring (bicyclic) bond motifs is 1. The van der Waals surface area contributed by atoms with Gasteiger partial charge < -0.3 is 24.6 Å². The Bertz CT molecular complexity index is 925. The van der Waals surface area contributed by atoms with Crippen LogP contribution in [0.15, 0.2) is 12.1 Å². The molecule has 8 heteroatoms. The largest absolute Gasteiger partial charge is 0.493 e. The first-order valence-electron chi connectivity index (χ1n) is 12.6. The number of rotatable bonds is 9. The molecule has 1 aromatic heterocycles. The maximum Gasteiger partial charge on any atom is 0.227 e. The van der Waals surface area contributed by atoms with Gasteiger partial charge in [0.25, 0.3) is 0 Å². The third kappa shape index (κ3) is 5.60. The van der Waals surface area contributed by atoms with Gasteiger partial charge in [0.05, 0.1) is 19.2 Å². The van der Waals surface area contributed by atoms with E-state index in [9.17, 15) is 0 Å². The lowest BCUT2D eigenvalue weighted by Crippen LogP contribution is -2.26. The van der Waals surface area contributed by atoms with Crippen molar-refractivity contribution >= 4 is 34.4 Å². The number of methoxy groups -OCH3 is 1. The summed E-state index contributed by atoms with van der Waals surface area (Å²) >= 11 is 2.04. The zero-order valence-electron chi connectivity index (χ0n) is 19.9. The monoisotopic (exact) mass is 471 g/mol. The SMILES string of the molecule is COc1cc2c(NC3CCSCC3)nc(N3CCCC3)nc2cc1OCCCN1CCCC1. The van der Waals surface area contributed by atoms with Crippen molar-refractivity contribution in [2.75, 3.05) is 68.2 Å². The van der Waals surface area contributed by atoms with Crippen LogP contribution in [0.4, 0.5) is 11.8 Å². The Morgan fingerprint density at radius 2 is 1.76 bits per heavy atom. The summed E-state index contributed by atoms with van der Waals surface area (Å²) in [6.07, 6.45) is 8.44. The van der Waals surface area contributed by atoms with E-state index in [4.69, 9.17) is 19.4 Å². The van der Waals surface area contributed by atoms with Gasteiger partial charge in [-0.15, -0.1) is 0 Å². The van der Waals surface area contributed by atoms with E-state index in [0.29, 0.717) is 12.6 Å². The minimum atomic E-state index is 0.461. The van der Waals surface area contributed by atoms with E-state index in [1.807, 2.05) is 17.8 Å². The van der Waals surface area contributed by atoms with Gasteiger partial charge in [-0.05, 0) is 75.6 Å². The van der Waals surface area contributed by atoms with Gasteiger partial charge in [0.2, 0.25) is 5.95 Å². The smallest absolute Gasteiger partial charge is 0.227 e. The van der Waals surface area contributed by atoms with Crippen molar-refractivity contribution in [1.82, 2.24) is 14.9 Å². The van der Waals surface area contributed by atoms with Gasteiger partial charge in [-0.25, -0.2) is 4.98 Å². The van der Waals surface area contributed by atoms with Crippen LogP contribution in [0, 0.1) is 0 Å². The molecule has 0 bridgehead atoms. The highest BCUT2D eigenvalue weighted by Crippen LogP contribution is 2.36. The molecule has 33 heavy (non-hydrogen) atoms. The second-order valence-corrected chi connectivity index (χ2v) is 10.6. The Morgan fingerprint density at radius 1 is 1.00 bits per heavy atom. The normalized spacial score (nSPS) is 20.0. The number of nitrogens with one attached hydrogen (secondary N) is 1. The van der Waals surface area contributed by atoms with Crippen LogP contribution >= 0.6 is 11.8 Å². The van der Waals surface area contributed by atoms with E-state index < -0.39 is 0 Å². The molecule has 0 radical (unpaired) electrons. The molecule has 2 aromatic rings. The maximum atomic E-state index is 6.20. The third-order valence-electron chi connectivity index (χ3n) is 7.00. The molecule has 5 rings (SSSR count). The average Bonchev–Trinajstić information content (AvgIpc) is 3.56. The summed E-state index contributed by atoms with van der Waals surface area (Å²) < 4.78 is 11.9. The van der Waals surface area contributed by atoms with Gasteiger partial charge in [0.15, 0.2) is 11.5 Å². The van der Waals surface area contributed by atoms with Gasteiger partial charge in [0, 0.05) is 37.1 Å². The van der Waals surface area contributed by atoms with Crippen molar-refractivity contribution in [2.45, 2.75) is 51.0 Å². The second kappa shape index (κ2) is 11.0. The molecule has 4 heterocycles. The second-order valence-electron chi connectivity index (χ2n) is 9.37. The van der Waals surface area contributed by atoms with Crippen LogP contribution in [0.3, 0.4) is 0 Å². The van der Waals surface area contributed by atoms with Crippen molar-refractivity contribution in [3.63, 3.8) is 0 Å². The summed E-state index contributed by atoms with van der Waals surface area (Å²) in [5.74, 6) is 5.70. The number of hydrogen-bond acceptors (Lipinski definition) is 8. The summed E-state index contributed by atoms with van der Waals surface area (Å²) in [5, 5.41) is 4.76. The average molecular weight is 472 g/mol. The predicted octanol–water partition coefficient (Wildman–Crippen LogP) is 4.41. The first-order chi connectivity index (χ1) is 16.3. The Morgan fingerprint density at radius 3 is 2.52 bits per heavy atom. The molecule has 1 N–H and O–H groups in total. The van der Waals surface area contributed by atoms with Gasteiger partial charge in [0.1, 0.15) is 5.82 Å². The lowest BCUT2D eigenvalue weighted by molar-refractivity contribution is 0.254. The van der Waals surface area contributed by atoms with Crippen LogP contribution in [0.2, 0.25) is 0 Å².